The molecule has 17 heavy (non-hydrogen) atoms. The Kier molecular flexibility index (Phi) is 2.56. The fourth-order valence-corrected chi connectivity index (χ4v) is 2.54. The Labute approximate surface area is 100 Å². The first-order chi connectivity index (χ1) is 8.34. The van der Waals surface area contributed by atoms with Crippen LogP contribution in [0.4, 0.5) is 10.1 Å². The van der Waals surface area contributed by atoms with E-state index in [4.69, 9.17) is 0 Å². The number of hydrogen-bond donors (Lipinski definition) is 1. The normalized spacial score (nSPS) is 18.3. The van der Waals surface area contributed by atoms with Gasteiger partial charge in [-0.05, 0) is 35.7 Å². The molecule has 0 fully saturated rings. The molecule has 2 aromatic rings. The minimum Gasteiger partial charge on any atom is -0.385 e. The van der Waals surface area contributed by atoms with Crippen LogP contribution in [0.2, 0.25) is 0 Å². The topological polar surface area (TPSA) is 12.0 Å². The van der Waals surface area contributed by atoms with Crippen molar-refractivity contribution in [2.45, 2.75) is 12.3 Å². The lowest BCUT2D eigenvalue weighted by atomic mass is 9.85. The van der Waals surface area contributed by atoms with Crippen LogP contribution in [-0.4, -0.2) is 6.54 Å². The third kappa shape index (κ3) is 1.91. The van der Waals surface area contributed by atoms with E-state index in [2.05, 4.69) is 17.4 Å². The summed E-state index contributed by atoms with van der Waals surface area (Å²) in [5, 5.41) is 3.38. The molecule has 0 saturated carbocycles. The summed E-state index contributed by atoms with van der Waals surface area (Å²) in [7, 11) is 0. The van der Waals surface area contributed by atoms with Gasteiger partial charge in [-0.1, -0.05) is 30.3 Å². The molecule has 2 aromatic carbocycles. The standard InChI is InChI=1S/C15H14FN/c16-12-5-3-4-11(10-12)13-8-9-17-15-7-2-1-6-14(13)15/h1-7,10,13,17H,8-9H2. The van der Waals surface area contributed by atoms with Gasteiger partial charge in [0.25, 0.3) is 0 Å². The number of anilines is 1. The maximum absolute atomic E-state index is 13.3. The number of hydrogen-bond acceptors (Lipinski definition) is 1. The van der Waals surface area contributed by atoms with Gasteiger partial charge in [-0.3, -0.25) is 0 Å². The van der Waals surface area contributed by atoms with Gasteiger partial charge >= 0.3 is 0 Å². The number of halogens is 1. The van der Waals surface area contributed by atoms with E-state index in [1.165, 1.54) is 17.3 Å². The lowest BCUT2D eigenvalue weighted by molar-refractivity contribution is 0.620. The summed E-state index contributed by atoms with van der Waals surface area (Å²) in [6.45, 7) is 0.943. The predicted octanol–water partition coefficient (Wildman–Crippen LogP) is 3.77. The third-order valence-corrected chi connectivity index (χ3v) is 3.34. The average molecular weight is 227 g/mol. The Morgan fingerprint density at radius 1 is 1.06 bits per heavy atom. The first-order valence-electron chi connectivity index (χ1n) is 5.93. The summed E-state index contributed by atoms with van der Waals surface area (Å²) < 4.78 is 13.3. The minimum absolute atomic E-state index is 0.154. The average Bonchev–Trinajstić information content (AvgIpc) is 2.38. The van der Waals surface area contributed by atoms with Crippen LogP contribution in [0.25, 0.3) is 0 Å². The molecule has 1 aliphatic rings. The Hall–Kier alpha value is -1.83. The van der Waals surface area contributed by atoms with Crippen molar-refractivity contribution in [3.8, 4) is 0 Å². The largest absolute Gasteiger partial charge is 0.385 e. The van der Waals surface area contributed by atoms with Gasteiger partial charge in [0.15, 0.2) is 0 Å². The Morgan fingerprint density at radius 2 is 1.94 bits per heavy atom. The molecule has 2 heteroatoms. The third-order valence-electron chi connectivity index (χ3n) is 3.34. The Morgan fingerprint density at radius 3 is 2.82 bits per heavy atom. The number of rotatable bonds is 1. The zero-order valence-corrected chi connectivity index (χ0v) is 9.49. The Balaban J connectivity index is 2.06. The lowest BCUT2D eigenvalue weighted by Gasteiger charge is -2.27. The van der Waals surface area contributed by atoms with Crippen molar-refractivity contribution >= 4 is 5.69 Å². The van der Waals surface area contributed by atoms with Gasteiger partial charge in [0.1, 0.15) is 5.82 Å². The first-order valence-corrected chi connectivity index (χ1v) is 5.93. The van der Waals surface area contributed by atoms with Gasteiger partial charge in [-0.15, -0.1) is 0 Å². The second-order valence-electron chi connectivity index (χ2n) is 4.41. The molecule has 1 heterocycles. The van der Waals surface area contributed by atoms with E-state index in [1.807, 2.05) is 18.2 Å². The highest BCUT2D eigenvalue weighted by molar-refractivity contribution is 5.57. The fourth-order valence-electron chi connectivity index (χ4n) is 2.54. The van der Waals surface area contributed by atoms with Crippen molar-refractivity contribution < 1.29 is 4.39 Å². The fraction of sp³-hybridized carbons (Fsp3) is 0.200. The highest BCUT2D eigenvalue weighted by atomic mass is 19.1. The first kappa shape index (κ1) is 10.3. The summed E-state index contributed by atoms with van der Waals surface area (Å²) in [5.41, 5.74) is 3.51. The summed E-state index contributed by atoms with van der Waals surface area (Å²) in [6, 6.07) is 15.2. The van der Waals surface area contributed by atoms with Crippen molar-refractivity contribution in [2.24, 2.45) is 0 Å². The van der Waals surface area contributed by atoms with E-state index in [0.717, 1.165) is 18.5 Å². The molecule has 0 bridgehead atoms. The number of para-hydroxylation sites is 1. The predicted molar refractivity (Wildman–Crippen MR) is 67.8 cm³/mol. The molecule has 1 atom stereocenters. The van der Waals surface area contributed by atoms with Crippen LogP contribution in [0.3, 0.4) is 0 Å². The number of fused-ring (bicyclic) bond motifs is 1. The van der Waals surface area contributed by atoms with Crippen molar-refractivity contribution in [1.29, 1.82) is 0 Å². The van der Waals surface area contributed by atoms with Gasteiger partial charge in [-0.2, -0.15) is 0 Å². The number of nitrogens with one attached hydrogen (secondary N) is 1. The van der Waals surface area contributed by atoms with E-state index < -0.39 is 0 Å². The minimum atomic E-state index is -0.154. The van der Waals surface area contributed by atoms with E-state index in [0.29, 0.717) is 5.92 Å². The van der Waals surface area contributed by atoms with Crippen LogP contribution in [0.5, 0.6) is 0 Å². The highest BCUT2D eigenvalue weighted by Gasteiger charge is 2.21. The molecule has 1 nitrogen and oxygen atoms in total. The van der Waals surface area contributed by atoms with Crippen LogP contribution in [0, 0.1) is 5.82 Å². The van der Waals surface area contributed by atoms with Gasteiger partial charge in [0, 0.05) is 18.2 Å². The van der Waals surface area contributed by atoms with Crippen LogP contribution in [-0.2, 0) is 0 Å². The molecule has 0 aliphatic carbocycles. The summed E-state index contributed by atoms with van der Waals surface area (Å²) in [5.74, 6) is 0.154. The summed E-state index contributed by atoms with van der Waals surface area (Å²) in [4.78, 5) is 0. The van der Waals surface area contributed by atoms with Gasteiger partial charge in [-0.25, -0.2) is 4.39 Å². The quantitative estimate of drug-likeness (QED) is 0.782. The van der Waals surface area contributed by atoms with Gasteiger partial charge in [0.2, 0.25) is 0 Å². The second-order valence-corrected chi connectivity index (χ2v) is 4.41. The molecule has 0 saturated heterocycles. The molecule has 1 N–H and O–H groups in total. The van der Waals surface area contributed by atoms with Crippen molar-refractivity contribution in [1.82, 2.24) is 0 Å². The molecule has 3 rings (SSSR count). The molecule has 0 aromatic heterocycles. The van der Waals surface area contributed by atoms with Crippen molar-refractivity contribution in [3.05, 3.63) is 65.5 Å². The Bertz CT molecular complexity index is 536. The molecular weight excluding hydrogens is 213 g/mol. The monoisotopic (exact) mass is 227 g/mol. The molecule has 1 unspecified atom stereocenters. The molecule has 86 valence electrons. The highest BCUT2D eigenvalue weighted by Crippen LogP contribution is 2.36. The SMILES string of the molecule is Fc1cccc(C2CCNc3ccccc32)c1. The summed E-state index contributed by atoms with van der Waals surface area (Å²) >= 11 is 0. The molecule has 0 spiro atoms. The lowest BCUT2D eigenvalue weighted by Crippen LogP contribution is -2.17. The maximum Gasteiger partial charge on any atom is 0.123 e. The second kappa shape index (κ2) is 4.21. The van der Waals surface area contributed by atoms with E-state index in [-0.39, 0.29) is 5.82 Å². The van der Waals surface area contributed by atoms with Crippen LogP contribution >= 0.6 is 0 Å². The smallest absolute Gasteiger partial charge is 0.123 e. The van der Waals surface area contributed by atoms with Crippen LogP contribution in [0.1, 0.15) is 23.5 Å². The van der Waals surface area contributed by atoms with Crippen LogP contribution < -0.4 is 5.32 Å². The van der Waals surface area contributed by atoms with Crippen molar-refractivity contribution in [2.75, 3.05) is 11.9 Å². The maximum atomic E-state index is 13.3. The van der Waals surface area contributed by atoms with Crippen molar-refractivity contribution in [3.63, 3.8) is 0 Å². The summed E-state index contributed by atoms with van der Waals surface area (Å²) in [6.07, 6.45) is 1.01. The van der Waals surface area contributed by atoms with E-state index >= 15 is 0 Å². The van der Waals surface area contributed by atoms with E-state index in [1.54, 1.807) is 12.1 Å². The van der Waals surface area contributed by atoms with Crippen LogP contribution in [0.15, 0.2) is 48.5 Å². The zero-order valence-electron chi connectivity index (χ0n) is 9.49. The molecule has 0 amide bonds. The zero-order chi connectivity index (χ0) is 11.7. The van der Waals surface area contributed by atoms with Gasteiger partial charge in [0.05, 0.1) is 0 Å². The molecule has 0 radical (unpaired) electrons. The molecular formula is C15H14FN. The van der Waals surface area contributed by atoms with Gasteiger partial charge < -0.3 is 5.32 Å². The van der Waals surface area contributed by atoms with E-state index in [9.17, 15) is 4.39 Å². The molecule has 1 aliphatic heterocycles. The number of benzene rings is 2.